The van der Waals surface area contributed by atoms with Crippen LogP contribution < -0.4 is 15.0 Å². The van der Waals surface area contributed by atoms with Crippen LogP contribution in [0.25, 0.3) is 22.2 Å². The number of ether oxygens (including phenoxy) is 2. The maximum absolute atomic E-state index is 12.9. The highest BCUT2D eigenvalue weighted by molar-refractivity contribution is 5.87. The Morgan fingerprint density at radius 3 is 2.14 bits per heavy atom. The number of nitrogens with one attached hydrogen (secondary N) is 1. The molecule has 0 atom stereocenters. The predicted octanol–water partition coefficient (Wildman–Crippen LogP) is 4.49. The van der Waals surface area contributed by atoms with Crippen LogP contribution in [-0.4, -0.2) is 27.3 Å². The van der Waals surface area contributed by atoms with Crippen LogP contribution in [0.3, 0.4) is 0 Å². The number of phenols is 1. The molecule has 0 saturated heterocycles. The zero-order valence-corrected chi connectivity index (χ0v) is 17.1. The first-order valence-corrected chi connectivity index (χ1v) is 9.37. The van der Waals surface area contributed by atoms with Crippen LogP contribution in [-0.2, 0) is 0 Å². The summed E-state index contributed by atoms with van der Waals surface area (Å²) in [5.41, 5.74) is 3.11. The van der Waals surface area contributed by atoms with Gasteiger partial charge in [0.2, 0.25) is 5.88 Å². The number of rotatable bonds is 5. The molecule has 6 nitrogen and oxygen atoms in total. The summed E-state index contributed by atoms with van der Waals surface area (Å²) in [6.45, 7) is 11.3. The average Bonchev–Trinajstić information content (AvgIpc) is 2.57. The Labute approximate surface area is 164 Å². The zero-order valence-electron chi connectivity index (χ0n) is 17.1. The number of aromatic amines is 1. The van der Waals surface area contributed by atoms with Crippen molar-refractivity contribution in [2.75, 3.05) is 0 Å². The van der Waals surface area contributed by atoms with Gasteiger partial charge in [-0.25, -0.2) is 4.98 Å². The third-order valence-electron chi connectivity index (χ3n) is 4.27. The lowest BCUT2D eigenvalue weighted by atomic mass is 10.0. The molecule has 0 aliphatic rings. The topological polar surface area (TPSA) is 84.4 Å². The number of aryl methyl sites for hydroxylation is 2. The van der Waals surface area contributed by atoms with E-state index in [1.807, 2.05) is 59.7 Å². The SMILES string of the molecule is Cc1cc(-c2cc3nc(OC(C)C)cc(OC(C)C)c3c(=O)[nH]2)cc(C)c1O. The molecule has 0 spiro atoms. The minimum atomic E-state index is -0.282. The predicted molar refractivity (Wildman–Crippen MR) is 110 cm³/mol. The van der Waals surface area contributed by atoms with Gasteiger partial charge in [0.05, 0.1) is 23.4 Å². The van der Waals surface area contributed by atoms with Crippen LogP contribution in [0.1, 0.15) is 38.8 Å². The van der Waals surface area contributed by atoms with Gasteiger partial charge in [0.15, 0.2) is 0 Å². The van der Waals surface area contributed by atoms with Gasteiger partial charge in [0, 0.05) is 6.07 Å². The molecule has 1 aromatic carbocycles. The highest BCUT2D eigenvalue weighted by Crippen LogP contribution is 2.32. The van der Waals surface area contributed by atoms with Gasteiger partial charge in [0.1, 0.15) is 16.9 Å². The van der Waals surface area contributed by atoms with E-state index in [1.54, 1.807) is 6.07 Å². The summed E-state index contributed by atoms with van der Waals surface area (Å²) in [6.07, 6.45) is -0.153. The van der Waals surface area contributed by atoms with Gasteiger partial charge >= 0.3 is 0 Å². The highest BCUT2D eigenvalue weighted by Gasteiger charge is 2.16. The second-order valence-corrected chi connectivity index (χ2v) is 7.52. The van der Waals surface area contributed by atoms with Crippen molar-refractivity contribution in [3.63, 3.8) is 0 Å². The molecule has 0 aliphatic carbocycles. The Morgan fingerprint density at radius 2 is 1.57 bits per heavy atom. The zero-order chi connectivity index (χ0) is 20.6. The largest absolute Gasteiger partial charge is 0.507 e. The Balaban J connectivity index is 2.25. The Hall–Kier alpha value is -3.02. The summed E-state index contributed by atoms with van der Waals surface area (Å²) in [4.78, 5) is 20.3. The quantitative estimate of drug-likeness (QED) is 0.679. The number of fused-ring (bicyclic) bond motifs is 1. The van der Waals surface area contributed by atoms with Crippen LogP contribution in [0.4, 0.5) is 0 Å². The summed E-state index contributed by atoms with van der Waals surface area (Å²) < 4.78 is 11.6. The van der Waals surface area contributed by atoms with Gasteiger partial charge in [-0.05, 0) is 76.4 Å². The molecule has 0 amide bonds. The lowest BCUT2D eigenvalue weighted by Crippen LogP contribution is -2.14. The smallest absolute Gasteiger partial charge is 0.261 e. The van der Waals surface area contributed by atoms with Crippen molar-refractivity contribution in [1.29, 1.82) is 0 Å². The van der Waals surface area contributed by atoms with E-state index in [2.05, 4.69) is 9.97 Å². The van der Waals surface area contributed by atoms with Crippen LogP contribution >= 0.6 is 0 Å². The van der Waals surface area contributed by atoms with E-state index < -0.39 is 0 Å². The van der Waals surface area contributed by atoms with E-state index >= 15 is 0 Å². The number of nitrogens with zero attached hydrogens (tertiary/aromatic N) is 1. The number of H-pyrrole nitrogens is 1. The van der Waals surface area contributed by atoms with Crippen LogP contribution in [0.5, 0.6) is 17.4 Å². The lowest BCUT2D eigenvalue weighted by molar-refractivity contribution is 0.224. The van der Waals surface area contributed by atoms with Crippen LogP contribution in [0, 0.1) is 13.8 Å². The van der Waals surface area contributed by atoms with E-state index in [0.717, 1.165) is 16.7 Å². The fourth-order valence-electron chi connectivity index (χ4n) is 3.12. The lowest BCUT2D eigenvalue weighted by Gasteiger charge is -2.16. The molecule has 3 aromatic rings. The molecule has 3 rings (SSSR count). The monoisotopic (exact) mass is 382 g/mol. The Bertz CT molecular complexity index is 1060. The molecule has 6 heteroatoms. The van der Waals surface area contributed by atoms with Crippen molar-refractivity contribution in [2.24, 2.45) is 0 Å². The minimum Gasteiger partial charge on any atom is -0.507 e. The number of hydrogen-bond acceptors (Lipinski definition) is 5. The van der Waals surface area contributed by atoms with Gasteiger partial charge in [-0.2, -0.15) is 0 Å². The Morgan fingerprint density at radius 1 is 0.964 bits per heavy atom. The molecule has 0 fully saturated rings. The van der Waals surface area contributed by atoms with Gasteiger partial charge in [-0.1, -0.05) is 0 Å². The first kappa shape index (κ1) is 19.7. The van der Waals surface area contributed by atoms with Crippen LogP contribution in [0.2, 0.25) is 0 Å². The number of benzene rings is 1. The second kappa shape index (κ2) is 7.54. The number of hydrogen-bond donors (Lipinski definition) is 2. The first-order chi connectivity index (χ1) is 13.2. The number of phenolic OH excluding ortho intramolecular Hbond substituents is 1. The maximum atomic E-state index is 12.9. The van der Waals surface area contributed by atoms with Gasteiger partial charge in [0.25, 0.3) is 5.56 Å². The van der Waals surface area contributed by atoms with Gasteiger partial charge < -0.3 is 19.6 Å². The fraction of sp³-hybridized carbons (Fsp3) is 0.364. The van der Waals surface area contributed by atoms with Crippen LogP contribution in [0.15, 0.2) is 29.1 Å². The van der Waals surface area contributed by atoms with Crippen molar-refractivity contribution in [2.45, 2.75) is 53.8 Å². The molecular weight excluding hydrogens is 356 g/mol. The van der Waals surface area contributed by atoms with E-state index in [9.17, 15) is 9.90 Å². The molecule has 2 aromatic heterocycles. The minimum absolute atomic E-state index is 0.0549. The summed E-state index contributed by atoms with van der Waals surface area (Å²) in [5, 5.41) is 10.4. The summed E-state index contributed by atoms with van der Waals surface area (Å²) in [5.74, 6) is 1.11. The van der Waals surface area contributed by atoms with E-state index in [4.69, 9.17) is 9.47 Å². The maximum Gasteiger partial charge on any atom is 0.261 e. The molecule has 0 bridgehead atoms. The van der Waals surface area contributed by atoms with Gasteiger partial charge in [-0.3, -0.25) is 4.79 Å². The standard InChI is InChI=1S/C22H26N2O4/c1-11(2)27-18-10-19(28-12(3)4)23-17-9-16(24-22(26)20(17)18)15-7-13(5)21(25)14(6)8-15/h7-12,25H,1-6H3,(H,24,26). The number of aromatic hydroxyl groups is 1. The van der Waals surface area contributed by atoms with Crippen molar-refractivity contribution >= 4 is 10.9 Å². The first-order valence-electron chi connectivity index (χ1n) is 9.37. The van der Waals surface area contributed by atoms with E-state index in [-0.39, 0.29) is 23.5 Å². The number of pyridine rings is 2. The third kappa shape index (κ3) is 3.96. The molecule has 2 N–H and O–H groups in total. The van der Waals surface area contributed by atoms with Gasteiger partial charge in [-0.15, -0.1) is 0 Å². The summed E-state index contributed by atoms with van der Waals surface area (Å²) >= 11 is 0. The third-order valence-corrected chi connectivity index (χ3v) is 4.27. The number of aromatic nitrogens is 2. The Kier molecular flexibility index (Phi) is 5.31. The molecule has 0 aliphatic heterocycles. The highest BCUT2D eigenvalue weighted by atomic mass is 16.5. The molecule has 0 saturated carbocycles. The molecule has 2 heterocycles. The normalized spacial score (nSPS) is 11.4. The average molecular weight is 382 g/mol. The molecule has 28 heavy (non-hydrogen) atoms. The van der Waals surface area contributed by atoms with Crippen molar-refractivity contribution < 1.29 is 14.6 Å². The molecule has 148 valence electrons. The summed E-state index contributed by atoms with van der Waals surface area (Å²) in [6, 6.07) is 7.13. The van der Waals surface area contributed by atoms with Crippen molar-refractivity contribution in [3.05, 3.63) is 45.7 Å². The van der Waals surface area contributed by atoms with Crippen molar-refractivity contribution in [1.82, 2.24) is 9.97 Å². The van der Waals surface area contributed by atoms with Crippen molar-refractivity contribution in [3.8, 4) is 28.6 Å². The fourth-order valence-corrected chi connectivity index (χ4v) is 3.12. The second-order valence-electron chi connectivity index (χ2n) is 7.52. The molecule has 0 radical (unpaired) electrons. The van der Waals surface area contributed by atoms with E-state index in [0.29, 0.717) is 28.2 Å². The van der Waals surface area contributed by atoms with E-state index in [1.165, 1.54) is 0 Å². The molecule has 0 unspecified atom stereocenters. The molecular formula is C22H26N2O4. The summed E-state index contributed by atoms with van der Waals surface area (Å²) in [7, 11) is 0.